The van der Waals surface area contributed by atoms with Crippen molar-refractivity contribution >= 4 is 5.84 Å². The quantitative estimate of drug-likeness (QED) is 0.445. The molecule has 0 atom stereocenters. The van der Waals surface area contributed by atoms with Crippen LogP contribution in [0, 0.1) is 11.3 Å². The first-order valence-corrected chi connectivity index (χ1v) is 4.08. The lowest BCUT2D eigenvalue weighted by atomic mass is 10.1. The second kappa shape index (κ2) is 3.59. The monoisotopic (exact) mass is 140 g/mol. The Hall–Kier alpha value is -0.530. The molecule has 2 heteroatoms. The molecule has 0 aromatic heterocycles. The van der Waals surface area contributed by atoms with E-state index in [9.17, 15) is 0 Å². The van der Waals surface area contributed by atoms with Crippen molar-refractivity contribution in [3.05, 3.63) is 0 Å². The van der Waals surface area contributed by atoms with Crippen LogP contribution in [0.15, 0.2) is 0 Å². The van der Waals surface area contributed by atoms with E-state index in [0.29, 0.717) is 5.84 Å². The molecule has 0 radical (unpaired) electrons. The van der Waals surface area contributed by atoms with E-state index in [-0.39, 0.29) is 0 Å². The van der Waals surface area contributed by atoms with Gasteiger partial charge in [-0.3, -0.25) is 5.41 Å². The van der Waals surface area contributed by atoms with Crippen LogP contribution in [-0.4, -0.2) is 12.4 Å². The van der Waals surface area contributed by atoms with E-state index in [4.69, 9.17) is 5.41 Å². The molecule has 0 aromatic carbocycles. The van der Waals surface area contributed by atoms with Crippen molar-refractivity contribution in [1.82, 2.24) is 5.32 Å². The summed E-state index contributed by atoms with van der Waals surface area (Å²) in [4.78, 5) is 0. The summed E-state index contributed by atoms with van der Waals surface area (Å²) in [5.74, 6) is 1.45. The molecule has 0 aliphatic heterocycles. The molecule has 10 heavy (non-hydrogen) atoms. The van der Waals surface area contributed by atoms with Gasteiger partial charge in [0.1, 0.15) is 0 Å². The number of amidine groups is 1. The molecule has 58 valence electrons. The first kappa shape index (κ1) is 7.58. The van der Waals surface area contributed by atoms with Crippen LogP contribution in [0.25, 0.3) is 0 Å². The summed E-state index contributed by atoms with van der Waals surface area (Å²) in [6, 6.07) is 0. The van der Waals surface area contributed by atoms with Gasteiger partial charge in [0.05, 0.1) is 5.84 Å². The van der Waals surface area contributed by atoms with Crippen LogP contribution in [0.4, 0.5) is 0 Å². The molecule has 0 amide bonds. The third-order valence-corrected chi connectivity index (χ3v) is 2.13. The molecule has 1 aliphatic carbocycles. The lowest BCUT2D eigenvalue weighted by molar-refractivity contribution is 0.535. The molecular formula is C8H16N2. The van der Waals surface area contributed by atoms with E-state index in [1.54, 1.807) is 6.92 Å². The predicted molar refractivity (Wildman–Crippen MR) is 43.4 cm³/mol. The third kappa shape index (κ3) is 2.38. The van der Waals surface area contributed by atoms with Crippen molar-refractivity contribution in [3.63, 3.8) is 0 Å². The van der Waals surface area contributed by atoms with Gasteiger partial charge in [-0.2, -0.15) is 0 Å². The van der Waals surface area contributed by atoms with Gasteiger partial charge in [-0.1, -0.05) is 12.8 Å². The van der Waals surface area contributed by atoms with Gasteiger partial charge in [-0.15, -0.1) is 0 Å². The van der Waals surface area contributed by atoms with Gasteiger partial charge in [-0.25, -0.2) is 0 Å². The van der Waals surface area contributed by atoms with Gasteiger partial charge < -0.3 is 5.32 Å². The van der Waals surface area contributed by atoms with Crippen LogP contribution in [0.5, 0.6) is 0 Å². The highest BCUT2D eigenvalue weighted by atomic mass is 14.9. The van der Waals surface area contributed by atoms with Crippen LogP contribution in [0.3, 0.4) is 0 Å². The Morgan fingerprint density at radius 2 is 2.10 bits per heavy atom. The van der Waals surface area contributed by atoms with E-state index in [1.165, 1.54) is 25.7 Å². The summed E-state index contributed by atoms with van der Waals surface area (Å²) in [5, 5.41) is 10.2. The maximum Gasteiger partial charge on any atom is 0.0899 e. The summed E-state index contributed by atoms with van der Waals surface area (Å²) < 4.78 is 0. The maximum absolute atomic E-state index is 7.15. The smallest absolute Gasteiger partial charge is 0.0899 e. The zero-order valence-corrected chi connectivity index (χ0v) is 6.61. The molecule has 0 heterocycles. The SMILES string of the molecule is CC(=N)NCC1CCCC1. The minimum absolute atomic E-state index is 0.604. The molecule has 0 aromatic rings. The molecule has 1 fully saturated rings. The standard InChI is InChI=1S/C8H16N2/c1-7(9)10-6-8-4-2-3-5-8/h8H,2-6H2,1H3,(H2,9,10). The second-order valence-electron chi connectivity index (χ2n) is 3.16. The molecule has 0 unspecified atom stereocenters. The largest absolute Gasteiger partial charge is 0.374 e. The number of hydrogen-bond acceptors (Lipinski definition) is 1. The molecular weight excluding hydrogens is 124 g/mol. The average Bonchev–Trinajstić information content (AvgIpc) is 2.34. The van der Waals surface area contributed by atoms with Gasteiger partial charge in [0.15, 0.2) is 0 Å². The summed E-state index contributed by atoms with van der Waals surface area (Å²) in [6.07, 6.45) is 5.51. The number of nitrogens with one attached hydrogen (secondary N) is 2. The highest BCUT2D eigenvalue weighted by Gasteiger charge is 2.13. The molecule has 1 rings (SSSR count). The van der Waals surface area contributed by atoms with Crippen molar-refractivity contribution < 1.29 is 0 Å². The van der Waals surface area contributed by atoms with Gasteiger partial charge in [-0.05, 0) is 25.7 Å². The molecule has 2 nitrogen and oxygen atoms in total. The first-order valence-electron chi connectivity index (χ1n) is 4.08. The third-order valence-electron chi connectivity index (χ3n) is 2.13. The normalized spacial score (nSPS) is 19.3. The van der Waals surface area contributed by atoms with E-state index in [0.717, 1.165) is 12.5 Å². The van der Waals surface area contributed by atoms with Gasteiger partial charge in [0.25, 0.3) is 0 Å². The van der Waals surface area contributed by atoms with Gasteiger partial charge >= 0.3 is 0 Å². The Morgan fingerprint density at radius 3 is 2.60 bits per heavy atom. The van der Waals surface area contributed by atoms with Crippen LogP contribution in [-0.2, 0) is 0 Å². The summed E-state index contributed by atoms with van der Waals surface area (Å²) in [5.41, 5.74) is 0. The Labute approximate surface area is 62.5 Å². The second-order valence-corrected chi connectivity index (χ2v) is 3.16. The summed E-state index contributed by atoms with van der Waals surface area (Å²) in [7, 11) is 0. The van der Waals surface area contributed by atoms with E-state index in [2.05, 4.69) is 5.32 Å². The topological polar surface area (TPSA) is 35.9 Å². The maximum atomic E-state index is 7.15. The van der Waals surface area contributed by atoms with Crippen molar-refractivity contribution in [2.24, 2.45) is 5.92 Å². The van der Waals surface area contributed by atoms with Crippen LogP contribution < -0.4 is 5.32 Å². The Morgan fingerprint density at radius 1 is 1.50 bits per heavy atom. The van der Waals surface area contributed by atoms with E-state index in [1.807, 2.05) is 0 Å². The molecule has 2 N–H and O–H groups in total. The Balaban J connectivity index is 2.07. The fraction of sp³-hybridized carbons (Fsp3) is 0.875. The number of hydrogen-bond donors (Lipinski definition) is 2. The van der Waals surface area contributed by atoms with Crippen LogP contribution in [0.1, 0.15) is 32.6 Å². The average molecular weight is 140 g/mol. The van der Waals surface area contributed by atoms with Crippen molar-refractivity contribution in [1.29, 1.82) is 5.41 Å². The zero-order valence-electron chi connectivity index (χ0n) is 6.61. The molecule has 0 saturated heterocycles. The minimum atomic E-state index is 0.604. The van der Waals surface area contributed by atoms with Crippen molar-refractivity contribution in [3.8, 4) is 0 Å². The summed E-state index contributed by atoms with van der Waals surface area (Å²) >= 11 is 0. The van der Waals surface area contributed by atoms with Gasteiger partial charge in [0, 0.05) is 6.54 Å². The Bertz CT molecular complexity index is 114. The number of rotatable bonds is 2. The predicted octanol–water partition coefficient (Wildman–Crippen LogP) is 1.76. The van der Waals surface area contributed by atoms with Crippen molar-refractivity contribution in [2.45, 2.75) is 32.6 Å². The minimum Gasteiger partial charge on any atom is -0.374 e. The van der Waals surface area contributed by atoms with E-state index < -0.39 is 0 Å². The van der Waals surface area contributed by atoms with Crippen molar-refractivity contribution in [2.75, 3.05) is 6.54 Å². The summed E-state index contributed by atoms with van der Waals surface area (Å²) in [6.45, 7) is 2.82. The lowest BCUT2D eigenvalue weighted by Crippen LogP contribution is -2.25. The highest BCUT2D eigenvalue weighted by molar-refractivity contribution is 5.75. The van der Waals surface area contributed by atoms with Crippen LogP contribution >= 0.6 is 0 Å². The Kier molecular flexibility index (Phi) is 2.72. The van der Waals surface area contributed by atoms with Crippen LogP contribution in [0.2, 0.25) is 0 Å². The first-order chi connectivity index (χ1) is 4.79. The molecule has 0 bridgehead atoms. The zero-order chi connectivity index (χ0) is 7.40. The fourth-order valence-electron chi connectivity index (χ4n) is 1.51. The molecule has 1 aliphatic rings. The highest BCUT2D eigenvalue weighted by Crippen LogP contribution is 2.23. The lowest BCUT2D eigenvalue weighted by Gasteiger charge is -2.09. The fourth-order valence-corrected chi connectivity index (χ4v) is 1.51. The molecule has 1 saturated carbocycles. The van der Waals surface area contributed by atoms with Gasteiger partial charge in [0.2, 0.25) is 0 Å². The molecule has 0 spiro atoms. The van der Waals surface area contributed by atoms with E-state index >= 15 is 0 Å².